The molecule has 0 saturated heterocycles. The number of halogens is 1. The normalized spacial score (nSPS) is 10.5. The standard InChI is InChI=1S/C17H16FN3O2/c1-12-4-2-3-5-15(12)17(23)19-11-16(22)21-20-10-13-6-8-14(18)9-7-13/h2-10H,11H2,1H3,(H,19,23)(H,21,22)/b20-10+. The average molecular weight is 313 g/mol. The predicted octanol–water partition coefficient (Wildman–Crippen LogP) is 2.01. The maximum Gasteiger partial charge on any atom is 0.259 e. The molecule has 0 bridgehead atoms. The summed E-state index contributed by atoms with van der Waals surface area (Å²) in [6.45, 7) is 1.63. The van der Waals surface area contributed by atoms with Gasteiger partial charge in [0, 0.05) is 5.56 Å². The summed E-state index contributed by atoms with van der Waals surface area (Å²) in [7, 11) is 0. The molecule has 0 unspecified atom stereocenters. The lowest BCUT2D eigenvalue weighted by Crippen LogP contribution is -2.35. The van der Waals surface area contributed by atoms with Crippen LogP contribution in [0.3, 0.4) is 0 Å². The van der Waals surface area contributed by atoms with Gasteiger partial charge in [0.1, 0.15) is 5.82 Å². The lowest BCUT2D eigenvalue weighted by atomic mass is 10.1. The van der Waals surface area contributed by atoms with Crippen LogP contribution >= 0.6 is 0 Å². The van der Waals surface area contributed by atoms with Gasteiger partial charge >= 0.3 is 0 Å². The van der Waals surface area contributed by atoms with E-state index in [2.05, 4.69) is 15.8 Å². The number of nitrogens with one attached hydrogen (secondary N) is 2. The molecule has 0 atom stereocenters. The van der Waals surface area contributed by atoms with E-state index in [9.17, 15) is 14.0 Å². The Morgan fingerprint density at radius 2 is 1.83 bits per heavy atom. The fraction of sp³-hybridized carbons (Fsp3) is 0.118. The highest BCUT2D eigenvalue weighted by atomic mass is 19.1. The van der Waals surface area contributed by atoms with Gasteiger partial charge in [0.15, 0.2) is 0 Å². The van der Waals surface area contributed by atoms with Crippen LogP contribution in [0.4, 0.5) is 4.39 Å². The van der Waals surface area contributed by atoms with Crippen LogP contribution in [-0.2, 0) is 4.79 Å². The molecule has 0 heterocycles. The molecular weight excluding hydrogens is 297 g/mol. The van der Waals surface area contributed by atoms with E-state index in [0.29, 0.717) is 11.1 Å². The number of nitrogens with zero attached hydrogens (tertiary/aromatic N) is 1. The molecule has 118 valence electrons. The Morgan fingerprint density at radius 3 is 2.52 bits per heavy atom. The number of aryl methyl sites for hydroxylation is 1. The lowest BCUT2D eigenvalue weighted by Gasteiger charge is -2.06. The number of carbonyl (C=O) groups is 2. The van der Waals surface area contributed by atoms with Gasteiger partial charge in [0.25, 0.3) is 11.8 Å². The third kappa shape index (κ3) is 5.03. The highest BCUT2D eigenvalue weighted by Gasteiger charge is 2.09. The molecule has 0 aliphatic rings. The summed E-state index contributed by atoms with van der Waals surface area (Å²) < 4.78 is 12.7. The fourth-order valence-electron chi connectivity index (χ4n) is 1.85. The van der Waals surface area contributed by atoms with Gasteiger partial charge in [-0.3, -0.25) is 9.59 Å². The Labute approximate surface area is 133 Å². The molecule has 0 aromatic heterocycles. The van der Waals surface area contributed by atoms with E-state index in [1.807, 2.05) is 19.1 Å². The van der Waals surface area contributed by atoms with Crippen molar-refractivity contribution in [2.75, 3.05) is 6.54 Å². The molecule has 6 heteroatoms. The molecule has 2 N–H and O–H groups in total. The van der Waals surface area contributed by atoms with E-state index in [1.165, 1.54) is 30.5 Å². The molecule has 2 aromatic carbocycles. The van der Waals surface area contributed by atoms with Crippen molar-refractivity contribution in [1.29, 1.82) is 0 Å². The zero-order valence-corrected chi connectivity index (χ0v) is 12.5. The number of hydrogen-bond donors (Lipinski definition) is 2. The van der Waals surface area contributed by atoms with Crippen LogP contribution in [-0.4, -0.2) is 24.6 Å². The average Bonchev–Trinajstić information content (AvgIpc) is 2.55. The second-order valence-electron chi connectivity index (χ2n) is 4.84. The van der Waals surface area contributed by atoms with E-state index >= 15 is 0 Å². The van der Waals surface area contributed by atoms with Crippen molar-refractivity contribution in [3.8, 4) is 0 Å². The van der Waals surface area contributed by atoms with Crippen molar-refractivity contribution in [3.63, 3.8) is 0 Å². The zero-order valence-electron chi connectivity index (χ0n) is 12.5. The van der Waals surface area contributed by atoms with E-state index in [4.69, 9.17) is 0 Å². The Balaban J connectivity index is 1.80. The van der Waals surface area contributed by atoms with Crippen LogP contribution in [0.5, 0.6) is 0 Å². The molecule has 0 fully saturated rings. The molecule has 0 saturated carbocycles. The van der Waals surface area contributed by atoms with Crippen LogP contribution in [0.1, 0.15) is 21.5 Å². The minimum Gasteiger partial charge on any atom is -0.343 e. The summed E-state index contributed by atoms with van der Waals surface area (Å²) >= 11 is 0. The van der Waals surface area contributed by atoms with Gasteiger partial charge in [0.2, 0.25) is 0 Å². The molecular formula is C17H16FN3O2. The SMILES string of the molecule is Cc1ccccc1C(=O)NCC(=O)N/N=C/c1ccc(F)cc1. The maximum absolute atomic E-state index is 12.7. The third-order valence-electron chi connectivity index (χ3n) is 3.07. The van der Waals surface area contributed by atoms with Gasteiger partial charge in [-0.1, -0.05) is 30.3 Å². The van der Waals surface area contributed by atoms with Crippen molar-refractivity contribution in [3.05, 3.63) is 71.0 Å². The number of amides is 2. The predicted molar refractivity (Wildman–Crippen MR) is 85.6 cm³/mol. The zero-order chi connectivity index (χ0) is 16.7. The second kappa shape index (κ2) is 7.84. The summed E-state index contributed by atoms with van der Waals surface area (Å²) in [6.07, 6.45) is 1.39. The molecule has 0 aliphatic heterocycles. The van der Waals surface area contributed by atoms with Crippen LogP contribution in [0, 0.1) is 12.7 Å². The molecule has 0 radical (unpaired) electrons. The molecule has 5 nitrogen and oxygen atoms in total. The first-order valence-corrected chi connectivity index (χ1v) is 6.97. The van der Waals surface area contributed by atoms with Crippen molar-refractivity contribution in [2.24, 2.45) is 5.10 Å². The molecule has 2 amide bonds. The number of rotatable bonds is 5. The van der Waals surface area contributed by atoms with Gasteiger partial charge in [-0.2, -0.15) is 5.10 Å². The molecule has 23 heavy (non-hydrogen) atoms. The molecule has 0 aliphatic carbocycles. The van der Waals surface area contributed by atoms with Gasteiger partial charge in [-0.25, -0.2) is 9.82 Å². The second-order valence-corrected chi connectivity index (χ2v) is 4.84. The van der Waals surface area contributed by atoms with Crippen molar-refractivity contribution in [1.82, 2.24) is 10.7 Å². The molecule has 2 aromatic rings. The first kappa shape index (κ1) is 16.4. The summed E-state index contributed by atoms with van der Waals surface area (Å²) in [5.41, 5.74) is 4.29. The molecule has 0 spiro atoms. The Hall–Kier alpha value is -3.02. The van der Waals surface area contributed by atoms with Gasteiger partial charge in [-0.05, 0) is 36.2 Å². The third-order valence-corrected chi connectivity index (χ3v) is 3.07. The Morgan fingerprint density at radius 1 is 1.13 bits per heavy atom. The van der Waals surface area contributed by atoms with E-state index in [1.54, 1.807) is 12.1 Å². The monoisotopic (exact) mass is 313 g/mol. The highest BCUT2D eigenvalue weighted by molar-refractivity contribution is 5.97. The van der Waals surface area contributed by atoms with Crippen LogP contribution < -0.4 is 10.7 Å². The smallest absolute Gasteiger partial charge is 0.259 e. The van der Waals surface area contributed by atoms with Crippen LogP contribution in [0.25, 0.3) is 0 Å². The minimum absolute atomic E-state index is 0.187. The van der Waals surface area contributed by atoms with Crippen LogP contribution in [0.15, 0.2) is 53.6 Å². The van der Waals surface area contributed by atoms with E-state index < -0.39 is 5.91 Å². The quantitative estimate of drug-likeness (QED) is 0.655. The van der Waals surface area contributed by atoms with Gasteiger partial charge in [0.05, 0.1) is 12.8 Å². The number of benzene rings is 2. The first-order chi connectivity index (χ1) is 11.1. The summed E-state index contributed by atoms with van der Waals surface area (Å²) in [5, 5.41) is 6.26. The number of hydrogen-bond acceptors (Lipinski definition) is 3. The van der Waals surface area contributed by atoms with Gasteiger partial charge in [-0.15, -0.1) is 0 Å². The van der Waals surface area contributed by atoms with Crippen molar-refractivity contribution >= 4 is 18.0 Å². The fourth-order valence-corrected chi connectivity index (χ4v) is 1.85. The van der Waals surface area contributed by atoms with Crippen LogP contribution in [0.2, 0.25) is 0 Å². The largest absolute Gasteiger partial charge is 0.343 e. The lowest BCUT2D eigenvalue weighted by molar-refractivity contribution is -0.120. The molecule has 2 rings (SSSR count). The summed E-state index contributed by atoms with van der Waals surface area (Å²) in [6, 6.07) is 12.8. The van der Waals surface area contributed by atoms with E-state index in [0.717, 1.165) is 5.56 Å². The number of carbonyl (C=O) groups excluding carboxylic acids is 2. The van der Waals surface area contributed by atoms with Crippen molar-refractivity contribution in [2.45, 2.75) is 6.92 Å². The van der Waals surface area contributed by atoms with Gasteiger partial charge < -0.3 is 5.32 Å². The summed E-state index contributed by atoms with van der Waals surface area (Å²) in [5.74, 6) is -1.11. The van der Waals surface area contributed by atoms with E-state index in [-0.39, 0.29) is 18.3 Å². The highest BCUT2D eigenvalue weighted by Crippen LogP contribution is 2.06. The topological polar surface area (TPSA) is 70.6 Å². The Kier molecular flexibility index (Phi) is 5.57. The van der Waals surface area contributed by atoms with Crippen molar-refractivity contribution < 1.29 is 14.0 Å². The Bertz CT molecular complexity index is 727. The number of hydrazone groups is 1. The first-order valence-electron chi connectivity index (χ1n) is 6.97. The minimum atomic E-state index is -0.453. The summed E-state index contributed by atoms with van der Waals surface area (Å²) in [4.78, 5) is 23.5. The maximum atomic E-state index is 12.7.